The van der Waals surface area contributed by atoms with Crippen LogP contribution in [0.4, 0.5) is 0 Å². The Morgan fingerprint density at radius 3 is 2.33 bits per heavy atom. The van der Waals surface area contributed by atoms with Gasteiger partial charge in [0.1, 0.15) is 6.04 Å². The van der Waals surface area contributed by atoms with Crippen LogP contribution >= 0.6 is 0 Å². The lowest BCUT2D eigenvalue weighted by Crippen LogP contribution is -2.59. The Kier molecular flexibility index (Phi) is 9.05. The highest BCUT2D eigenvalue weighted by Crippen LogP contribution is 2.68. The zero-order valence-corrected chi connectivity index (χ0v) is 25.5. The number of amides is 1. The van der Waals surface area contributed by atoms with Crippen LogP contribution in [0, 0.1) is 34.5 Å². The first kappa shape index (κ1) is 31.9. The van der Waals surface area contributed by atoms with Crippen molar-refractivity contribution in [2.45, 2.75) is 110 Å². The molecule has 0 aliphatic heterocycles. The Morgan fingerprint density at radius 1 is 1.00 bits per heavy atom. The summed E-state index contributed by atoms with van der Waals surface area (Å²) in [5.41, 5.74) is -0.797. The van der Waals surface area contributed by atoms with Crippen molar-refractivity contribution in [1.82, 2.24) is 5.32 Å². The largest absolute Gasteiger partial charge is 0.480 e. The molecular weight excluding hydrogens is 542 g/mol. The second kappa shape index (κ2) is 11.9. The summed E-state index contributed by atoms with van der Waals surface area (Å²) in [6.07, 6.45) is 7.10. The standard InChI is InChI=1S/C32H45NO9/c1-18(2)28(29(39)40)33-26(37)8-9-27(38)41-17-25(36)32(42-19(3)34)15-12-24-22-7-6-20-16-21(35)10-13-30(20,4)23(22)11-14-31(24,32)5/h16,18,22-24,28H,6-15,17H2,1-5H3,(H,33,37)(H,39,40)/t22-,23-,24-,28+,30+,31+,32+/m1/s1. The predicted molar refractivity (Wildman–Crippen MR) is 151 cm³/mol. The van der Waals surface area contributed by atoms with Gasteiger partial charge in [-0.15, -0.1) is 0 Å². The number of esters is 2. The van der Waals surface area contributed by atoms with Gasteiger partial charge in [0.05, 0.1) is 6.42 Å². The number of carbonyl (C=O) groups excluding carboxylic acids is 5. The van der Waals surface area contributed by atoms with Crippen LogP contribution in [0.5, 0.6) is 0 Å². The zero-order valence-electron chi connectivity index (χ0n) is 25.5. The molecule has 10 nitrogen and oxygen atoms in total. The lowest BCUT2D eigenvalue weighted by molar-refractivity contribution is -0.191. The summed E-state index contributed by atoms with van der Waals surface area (Å²) in [5, 5.41) is 11.7. The van der Waals surface area contributed by atoms with E-state index in [1.165, 1.54) is 12.5 Å². The average molecular weight is 588 g/mol. The minimum atomic E-state index is -1.41. The maximum atomic E-state index is 13.8. The Bertz CT molecular complexity index is 1190. The highest BCUT2D eigenvalue weighted by molar-refractivity contribution is 5.94. The monoisotopic (exact) mass is 587 g/mol. The number of ketones is 2. The first-order valence-corrected chi connectivity index (χ1v) is 15.3. The molecule has 0 aromatic carbocycles. The van der Waals surface area contributed by atoms with Crippen LogP contribution in [0.2, 0.25) is 0 Å². The van der Waals surface area contributed by atoms with Crippen LogP contribution in [-0.4, -0.2) is 58.7 Å². The summed E-state index contributed by atoms with van der Waals surface area (Å²) in [5.74, 6) is -2.76. The van der Waals surface area contributed by atoms with Crippen molar-refractivity contribution in [3.05, 3.63) is 11.6 Å². The fraction of sp³-hybridized carbons (Fsp3) is 0.750. The van der Waals surface area contributed by atoms with Crippen molar-refractivity contribution < 1.29 is 43.3 Å². The molecule has 0 saturated heterocycles. The molecule has 2 N–H and O–H groups in total. The number of carboxylic acids is 1. The van der Waals surface area contributed by atoms with E-state index in [9.17, 15) is 33.9 Å². The van der Waals surface area contributed by atoms with Crippen LogP contribution in [-0.2, 0) is 38.2 Å². The lowest BCUT2D eigenvalue weighted by Gasteiger charge is -2.59. The van der Waals surface area contributed by atoms with Crippen LogP contribution < -0.4 is 5.32 Å². The number of rotatable bonds is 10. The SMILES string of the molecule is CC(=O)O[C@]1(C(=O)COC(=O)CCC(=O)N[C@H](C(=O)O)C(C)C)CC[C@@H]2[C@@H]3CCC4=CC(=O)CC[C@]4(C)[C@@H]3CC[C@@]21C. The number of hydrogen-bond acceptors (Lipinski definition) is 8. The number of allylic oxidation sites excluding steroid dienone is 1. The molecule has 3 saturated carbocycles. The van der Waals surface area contributed by atoms with Gasteiger partial charge in [0.15, 0.2) is 18.0 Å². The number of carbonyl (C=O) groups is 6. The number of fused-ring (bicyclic) bond motifs is 5. The van der Waals surface area contributed by atoms with E-state index in [1.54, 1.807) is 13.8 Å². The van der Waals surface area contributed by atoms with Gasteiger partial charge in [-0.25, -0.2) is 4.79 Å². The van der Waals surface area contributed by atoms with E-state index in [-0.39, 0.29) is 35.9 Å². The third-order valence-corrected chi connectivity index (χ3v) is 11.0. The molecule has 42 heavy (non-hydrogen) atoms. The number of aliphatic carboxylic acids is 1. The van der Waals surface area contributed by atoms with Gasteiger partial charge in [0.25, 0.3) is 0 Å². The third kappa shape index (κ3) is 5.65. The summed E-state index contributed by atoms with van der Waals surface area (Å²) < 4.78 is 11.2. The first-order valence-electron chi connectivity index (χ1n) is 15.3. The summed E-state index contributed by atoms with van der Waals surface area (Å²) in [7, 11) is 0. The van der Waals surface area contributed by atoms with Crippen molar-refractivity contribution in [3.63, 3.8) is 0 Å². The predicted octanol–water partition coefficient (Wildman–Crippen LogP) is 3.94. The van der Waals surface area contributed by atoms with Crippen molar-refractivity contribution in [3.8, 4) is 0 Å². The van der Waals surface area contributed by atoms with Crippen molar-refractivity contribution >= 4 is 35.4 Å². The van der Waals surface area contributed by atoms with Gasteiger partial charge >= 0.3 is 17.9 Å². The molecule has 0 heterocycles. The Morgan fingerprint density at radius 2 is 1.69 bits per heavy atom. The van der Waals surface area contributed by atoms with Gasteiger partial charge in [0, 0.05) is 25.2 Å². The van der Waals surface area contributed by atoms with Gasteiger partial charge in [-0.05, 0) is 80.1 Å². The minimum absolute atomic E-state index is 0.0314. The quantitative estimate of drug-likeness (QED) is 0.362. The number of Topliss-reactive ketones (excluding diaryl/α,β-unsaturated/α-hetero) is 1. The average Bonchev–Trinajstić information content (AvgIpc) is 3.21. The van der Waals surface area contributed by atoms with Crippen molar-refractivity contribution in [2.24, 2.45) is 34.5 Å². The van der Waals surface area contributed by atoms with Gasteiger partial charge in [-0.1, -0.05) is 33.3 Å². The maximum Gasteiger partial charge on any atom is 0.326 e. The molecule has 4 rings (SSSR count). The number of carboxylic acid groups (broad SMARTS) is 1. The second-order valence-corrected chi connectivity index (χ2v) is 13.6. The molecule has 232 valence electrons. The Hall–Kier alpha value is -3.04. The van der Waals surface area contributed by atoms with Crippen LogP contribution in [0.15, 0.2) is 11.6 Å². The molecule has 10 heteroatoms. The van der Waals surface area contributed by atoms with Crippen LogP contribution in [0.1, 0.15) is 98.8 Å². The molecule has 0 bridgehead atoms. The molecule has 1 amide bonds. The van der Waals surface area contributed by atoms with E-state index in [0.717, 1.165) is 32.1 Å². The molecule has 4 aliphatic rings. The fourth-order valence-electron chi connectivity index (χ4n) is 8.80. The normalized spacial score (nSPS) is 34.3. The second-order valence-electron chi connectivity index (χ2n) is 13.6. The van der Waals surface area contributed by atoms with Gasteiger partial charge in [0.2, 0.25) is 11.7 Å². The van der Waals surface area contributed by atoms with Crippen LogP contribution in [0.3, 0.4) is 0 Å². The van der Waals surface area contributed by atoms with E-state index < -0.39 is 53.3 Å². The molecule has 3 fully saturated rings. The lowest BCUT2D eigenvalue weighted by atomic mass is 9.46. The van der Waals surface area contributed by atoms with Crippen molar-refractivity contribution in [1.29, 1.82) is 0 Å². The van der Waals surface area contributed by atoms with Crippen LogP contribution in [0.25, 0.3) is 0 Å². The summed E-state index contributed by atoms with van der Waals surface area (Å²) >= 11 is 0. The van der Waals surface area contributed by atoms with Crippen molar-refractivity contribution in [2.75, 3.05) is 6.61 Å². The van der Waals surface area contributed by atoms with E-state index >= 15 is 0 Å². The summed E-state index contributed by atoms with van der Waals surface area (Å²) in [6, 6.07) is -1.07. The molecular formula is C32H45NO9. The van der Waals surface area contributed by atoms with E-state index in [1.807, 2.05) is 13.0 Å². The highest BCUT2D eigenvalue weighted by atomic mass is 16.6. The van der Waals surface area contributed by atoms with E-state index in [4.69, 9.17) is 9.47 Å². The molecule has 0 spiro atoms. The molecule has 7 atom stereocenters. The Labute approximate surface area is 247 Å². The number of hydrogen-bond donors (Lipinski definition) is 2. The Balaban J connectivity index is 1.43. The zero-order chi connectivity index (χ0) is 31.0. The highest BCUT2D eigenvalue weighted by Gasteiger charge is 2.68. The molecule has 0 unspecified atom stereocenters. The summed E-state index contributed by atoms with van der Waals surface area (Å²) in [6.45, 7) is 8.38. The molecule has 0 radical (unpaired) electrons. The molecule has 0 aromatic rings. The fourth-order valence-corrected chi connectivity index (χ4v) is 8.80. The van der Waals surface area contributed by atoms with Gasteiger partial charge in [-0.3, -0.25) is 24.0 Å². The van der Waals surface area contributed by atoms with E-state index in [2.05, 4.69) is 12.2 Å². The topological polar surface area (TPSA) is 153 Å². The minimum Gasteiger partial charge on any atom is -0.480 e. The van der Waals surface area contributed by atoms with E-state index in [0.29, 0.717) is 31.1 Å². The molecule has 4 aliphatic carbocycles. The third-order valence-electron chi connectivity index (χ3n) is 11.0. The number of nitrogens with one attached hydrogen (secondary N) is 1. The molecule has 0 aromatic heterocycles. The first-order chi connectivity index (χ1) is 19.6. The smallest absolute Gasteiger partial charge is 0.326 e. The number of ether oxygens (including phenoxy) is 2. The summed E-state index contributed by atoms with van der Waals surface area (Å²) in [4.78, 5) is 74.4. The van der Waals surface area contributed by atoms with Gasteiger partial charge in [-0.2, -0.15) is 0 Å². The maximum absolute atomic E-state index is 13.8. The van der Waals surface area contributed by atoms with Gasteiger partial charge < -0.3 is 19.9 Å².